The van der Waals surface area contributed by atoms with Gasteiger partial charge in [-0.1, -0.05) is 12.1 Å². The van der Waals surface area contributed by atoms with E-state index in [1.54, 1.807) is 0 Å². The van der Waals surface area contributed by atoms with Gasteiger partial charge in [0.15, 0.2) is 0 Å². The van der Waals surface area contributed by atoms with Gasteiger partial charge in [-0.15, -0.1) is 0 Å². The Morgan fingerprint density at radius 1 is 1.30 bits per heavy atom. The van der Waals surface area contributed by atoms with Crippen molar-refractivity contribution in [2.75, 3.05) is 19.8 Å². The number of amides is 1. The summed E-state index contributed by atoms with van der Waals surface area (Å²) in [6, 6.07) is 6.06. The highest BCUT2D eigenvalue weighted by molar-refractivity contribution is 5.78. The average molecular weight is 275 g/mol. The predicted octanol–water partition coefficient (Wildman–Crippen LogP) is 1.85. The van der Waals surface area contributed by atoms with E-state index in [0.29, 0.717) is 13.0 Å². The molecule has 2 aliphatic rings. The van der Waals surface area contributed by atoms with Crippen LogP contribution in [0.5, 0.6) is 5.75 Å². The predicted molar refractivity (Wildman–Crippen MR) is 75.9 cm³/mol. The molecule has 0 saturated carbocycles. The smallest absolute Gasteiger partial charge is 0.224 e. The minimum absolute atomic E-state index is 0.0668. The van der Waals surface area contributed by atoms with Crippen LogP contribution >= 0.6 is 0 Å². The Morgan fingerprint density at radius 3 is 3.10 bits per heavy atom. The van der Waals surface area contributed by atoms with Gasteiger partial charge in [-0.3, -0.25) is 4.79 Å². The van der Waals surface area contributed by atoms with Gasteiger partial charge < -0.3 is 14.8 Å². The van der Waals surface area contributed by atoms with Crippen molar-refractivity contribution in [3.63, 3.8) is 0 Å². The number of hydrogen-bond donors (Lipinski definition) is 1. The molecule has 0 bridgehead atoms. The van der Waals surface area contributed by atoms with Gasteiger partial charge in [0, 0.05) is 13.2 Å². The number of aryl methyl sites for hydroxylation is 1. The Bertz CT molecular complexity index is 481. The zero-order valence-corrected chi connectivity index (χ0v) is 11.7. The number of benzene rings is 1. The lowest BCUT2D eigenvalue weighted by Crippen LogP contribution is -2.32. The zero-order chi connectivity index (χ0) is 13.8. The minimum Gasteiger partial charge on any atom is -0.493 e. The van der Waals surface area contributed by atoms with E-state index in [-0.39, 0.29) is 12.0 Å². The van der Waals surface area contributed by atoms with E-state index < -0.39 is 0 Å². The molecule has 0 spiro atoms. The fraction of sp³-hybridized carbons (Fsp3) is 0.562. The van der Waals surface area contributed by atoms with Crippen molar-refractivity contribution in [2.24, 2.45) is 0 Å². The normalized spacial score (nSPS) is 21.1. The summed E-state index contributed by atoms with van der Waals surface area (Å²) in [7, 11) is 0. The second-order valence-electron chi connectivity index (χ2n) is 5.51. The van der Waals surface area contributed by atoms with Crippen LogP contribution in [0.4, 0.5) is 0 Å². The summed E-state index contributed by atoms with van der Waals surface area (Å²) in [6.07, 6.45) is 4.89. The third-order valence-corrected chi connectivity index (χ3v) is 3.89. The van der Waals surface area contributed by atoms with E-state index in [4.69, 9.17) is 9.47 Å². The summed E-state index contributed by atoms with van der Waals surface area (Å²) in [5.41, 5.74) is 2.28. The van der Waals surface area contributed by atoms with Gasteiger partial charge in [0.25, 0.3) is 0 Å². The first-order chi connectivity index (χ1) is 9.81. The molecule has 1 aromatic rings. The van der Waals surface area contributed by atoms with Crippen molar-refractivity contribution >= 4 is 5.91 Å². The Labute approximate surface area is 119 Å². The lowest BCUT2D eigenvalue weighted by atomic mass is 10.0. The Kier molecular flexibility index (Phi) is 4.21. The quantitative estimate of drug-likeness (QED) is 0.912. The summed E-state index contributed by atoms with van der Waals surface area (Å²) >= 11 is 0. The maximum absolute atomic E-state index is 11.9. The Hall–Kier alpha value is -1.55. The molecule has 20 heavy (non-hydrogen) atoms. The van der Waals surface area contributed by atoms with Gasteiger partial charge in [0.05, 0.1) is 19.1 Å². The molecule has 1 saturated heterocycles. The van der Waals surface area contributed by atoms with Crippen LogP contribution in [0, 0.1) is 0 Å². The molecule has 0 aliphatic carbocycles. The van der Waals surface area contributed by atoms with E-state index in [1.807, 2.05) is 12.1 Å². The van der Waals surface area contributed by atoms with Gasteiger partial charge in [0.1, 0.15) is 5.75 Å². The van der Waals surface area contributed by atoms with Crippen molar-refractivity contribution < 1.29 is 14.3 Å². The molecule has 1 fully saturated rings. The van der Waals surface area contributed by atoms with Crippen molar-refractivity contribution in [2.45, 2.75) is 38.2 Å². The summed E-state index contributed by atoms with van der Waals surface area (Å²) in [5.74, 6) is 1.04. The molecule has 2 aliphatic heterocycles. The summed E-state index contributed by atoms with van der Waals surface area (Å²) in [4.78, 5) is 11.9. The van der Waals surface area contributed by atoms with Crippen molar-refractivity contribution in [3.8, 4) is 5.75 Å². The number of carbonyl (C=O) groups is 1. The van der Waals surface area contributed by atoms with E-state index in [0.717, 1.165) is 50.2 Å². The lowest BCUT2D eigenvalue weighted by Gasteiger charge is -2.18. The van der Waals surface area contributed by atoms with Crippen molar-refractivity contribution in [1.82, 2.24) is 5.32 Å². The first-order valence-electron chi connectivity index (χ1n) is 7.44. The SMILES string of the molecule is O=C(Cc1ccc2c(c1)CCCO2)NCC1CCCO1. The molecule has 2 heterocycles. The van der Waals surface area contributed by atoms with E-state index >= 15 is 0 Å². The first kappa shape index (κ1) is 13.4. The standard InChI is InChI=1S/C16H21NO3/c18-16(17-11-14-4-2-7-19-14)10-12-5-6-15-13(9-12)3-1-8-20-15/h5-6,9,14H,1-4,7-8,10-11H2,(H,17,18). The molecule has 0 aromatic heterocycles. The minimum atomic E-state index is 0.0668. The fourth-order valence-electron chi connectivity index (χ4n) is 2.80. The van der Waals surface area contributed by atoms with Crippen LogP contribution in [-0.4, -0.2) is 31.8 Å². The van der Waals surface area contributed by atoms with E-state index in [1.165, 1.54) is 5.56 Å². The molecule has 1 amide bonds. The fourth-order valence-corrected chi connectivity index (χ4v) is 2.80. The number of ether oxygens (including phenoxy) is 2. The highest BCUT2D eigenvalue weighted by atomic mass is 16.5. The Morgan fingerprint density at radius 2 is 2.25 bits per heavy atom. The second kappa shape index (κ2) is 6.27. The molecular formula is C16H21NO3. The Balaban J connectivity index is 1.52. The number of fused-ring (bicyclic) bond motifs is 1. The van der Waals surface area contributed by atoms with Crippen LogP contribution in [0.1, 0.15) is 30.4 Å². The maximum atomic E-state index is 11.9. The summed E-state index contributed by atoms with van der Waals surface area (Å²) in [5, 5.41) is 2.96. The molecular weight excluding hydrogens is 254 g/mol. The van der Waals surface area contributed by atoms with Crippen LogP contribution in [-0.2, 0) is 22.4 Å². The monoisotopic (exact) mass is 275 g/mol. The van der Waals surface area contributed by atoms with Gasteiger partial charge >= 0.3 is 0 Å². The second-order valence-corrected chi connectivity index (χ2v) is 5.51. The molecule has 0 radical (unpaired) electrons. The highest BCUT2D eigenvalue weighted by Crippen LogP contribution is 2.25. The summed E-state index contributed by atoms with van der Waals surface area (Å²) in [6.45, 7) is 2.26. The van der Waals surface area contributed by atoms with E-state index in [2.05, 4.69) is 11.4 Å². The van der Waals surface area contributed by atoms with Gasteiger partial charge in [-0.25, -0.2) is 0 Å². The molecule has 4 heteroatoms. The van der Waals surface area contributed by atoms with Crippen molar-refractivity contribution in [3.05, 3.63) is 29.3 Å². The molecule has 1 unspecified atom stereocenters. The first-order valence-corrected chi connectivity index (χ1v) is 7.44. The maximum Gasteiger partial charge on any atom is 0.224 e. The zero-order valence-electron chi connectivity index (χ0n) is 11.7. The average Bonchev–Trinajstić information content (AvgIpc) is 2.98. The molecule has 3 rings (SSSR count). The molecule has 1 atom stereocenters. The third-order valence-electron chi connectivity index (χ3n) is 3.89. The molecule has 108 valence electrons. The molecule has 4 nitrogen and oxygen atoms in total. The van der Waals surface area contributed by atoms with Crippen LogP contribution < -0.4 is 10.1 Å². The van der Waals surface area contributed by atoms with Gasteiger partial charge in [0.2, 0.25) is 5.91 Å². The number of nitrogens with one attached hydrogen (secondary N) is 1. The molecule has 1 aromatic carbocycles. The van der Waals surface area contributed by atoms with Crippen LogP contribution in [0.25, 0.3) is 0 Å². The van der Waals surface area contributed by atoms with Crippen molar-refractivity contribution in [1.29, 1.82) is 0 Å². The third kappa shape index (κ3) is 3.31. The highest BCUT2D eigenvalue weighted by Gasteiger charge is 2.16. The number of rotatable bonds is 4. The summed E-state index contributed by atoms with van der Waals surface area (Å²) < 4.78 is 11.1. The van der Waals surface area contributed by atoms with Crippen LogP contribution in [0.2, 0.25) is 0 Å². The topological polar surface area (TPSA) is 47.6 Å². The van der Waals surface area contributed by atoms with Gasteiger partial charge in [-0.2, -0.15) is 0 Å². The van der Waals surface area contributed by atoms with Crippen LogP contribution in [0.3, 0.4) is 0 Å². The van der Waals surface area contributed by atoms with E-state index in [9.17, 15) is 4.79 Å². The largest absolute Gasteiger partial charge is 0.493 e. The molecule has 1 N–H and O–H groups in total. The number of carbonyl (C=O) groups excluding carboxylic acids is 1. The van der Waals surface area contributed by atoms with Gasteiger partial charge in [-0.05, 0) is 42.9 Å². The van der Waals surface area contributed by atoms with Crippen LogP contribution in [0.15, 0.2) is 18.2 Å². The number of hydrogen-bond acceptors (Lipinski definition) is 3. The lowest BCUT2D eigenvalue weighted by molar-refractivity contribution is -0.120.